The summed E-state index contributed by atoms with van der Waals surface area (Å²) in [6.07, 6.45) is 0. The second-order valence-corrected chi connectivity index (χ2v) is 4.84. The van der Waals surface area contributed by atoms with Gasteiger partial charge in [0.05, 0.1) is 4.90 Å². The molecule has 2 rings (SSSR count). The highest BCUT2D eigenvalue weighted by Crippen LogP contribution is 2.15. The van der Waals surface area contributed by atoms with Crippen molar-refractivity contribution < 1.29 is 4.21 Å². The van der Waals surface area contributed by atoms with E-state index in [-0.39, 0.29) is 0 Å². The molecule has 0 saturated carbocycles. The lowest BCUT2D eigenvalue weighted by atomic mass is 10.3. The monoisotopic (exact) mass is 251 g/mol. The van der Waals surface area contributed by atoms with Crippen LogP contribution in [-0.2, 0) is 11.0 Å². The number of para-hydroxylation sites is 1. The fourth-order valence-electron chi connectivity index (χ4n) is 1.23. The van der Waals surface area contributed by atoms with E-state index in [2.05, 4.69) is 4.72 Å². The Bertz CT molecular complexity index is 484. The molecule has 0 aliphatic heterocycles. The van der Waals surface area contributed by atoms with Crippen molar-refractivity contribution in [3.05, 3.63) is 59.6 Å². The zero-order valence-electron chi connectivity index (χ0n) is 8.39. The molecule has 0 aliphatic carbocycles. The van der Waals surface area contributed by atoms with E-state index in [0.717, 1.165) is 5.69 Å². The van der Waals surface area contributed by atoms with Crippen molar-refractivity contribution in [2.45, 2.75) is 4.90 Å². The molecule has 0 heterocycles. The van der Waals surface area contributed by atoms with Gasteiger partial charge >= 0.3 is 0 Å². The molecule has 1 N–H and O–H groups in total. The van der Waals surface area contributed by atoms with E-state index in [4.69, 9.17) is 11.6 Å². The molecule has 82 valence electrons. The third-order valence-corrected chi connectivity index (χ3v) is 3.39. The minimum Gasteiger partial charge on any atom is -0.301 e. The first-order valence-electron chi connectivity index (χ1n) is 4.75. The summed E-state index contributed by atoms with van der Waals surface area (Å²) in [5, 5.41) is 0.639. The average Bonchev–Trinajstić information content (AvgIpc) is 2.31. The van der Waals surface area contributed by atoms with Gasteiger partial charge < -0.3 is 4.72 Å². The van der Waals surface area contributed by atoms with Gasteiger partial charge in [0.1, 0.15) is 11.0 Å². The summed E-state index contributed by atoms with van der Waals surface area (Å²) in [5.74, 6) is 0. The van der Waals surface area contributed by atoms with E-state index in [1.54, 1.807) is 24.3 Å². The van der Waals surface area contributed by atoms with Gasteiger partial charge in [0.2, 0.25) is 0 Å². The van der Waals surface area contributed by atoms with E-state index >= 15 is 0 Å². The van der Waals surface area contributed by atoms with Crippen molar-refractivity contribution in [2.75, 3.05) is 4.72 Å². The topological polar surface area (TPSA) is 29.1 Å². The summed E-state index contributed by atoms with van der Waals surface area (Å²) in [6, 6.07) is 16.4. The van der Waals surface area contributed by atoms with Crippen LogP contribution >= 0.6 is 11.6 Å². The molecule has 2 nitrogen and oxygen atoms in total. The summed E-state index contributed by atoms with van der Waals surface area (Å²) in [5.41, 5.74) is 0.829. The molecule has 4 heteroatoms. The lowest BCUT2D eigenvalue weighted by Gasteiger charge is -2.05. The Morgan fingerprint density at radius 2 is 1.56 bits per heavy atom. The van der Waals surface area contributed by atoms with Gasteiger partial charge in [-0.2, -0.15) is 0 Å². The Hall–Kier alpha value is -1.32. The maximum absolute atomic E-state index is 11.9. The second kappa shape index (κ2) is 5.14. The molecule has 16 heavy (non-hydrogen) atoms. The number of benzene rings is 2. The lowest BCUT2D eigenvalue weighted by Crippen LogP contribution is -2.04. The molecule has 0 amide bonds. The number of hydrogen-bond donors (Lipinski definition) is 1. The van der Waals surface area contributed by atoms with Crippen molar-refractivity contribution in [2.24, 2.45) is 0 Å². The predicted octanol–water partition coefficient (Wildman–Crippen LogP) is 3.47. The van der Waals surface area contributed by atoms with Gasteiger partial charge in [-0.15, -0.1) is 0 Å². The van der Waals surface area contributed by atoms with Crippen molar-refractivity contribution in [1.82, 2.24) is 0 Å². The van der Waals surface area contributed by atoms with Crippen molar-refractivity contribution in [3.63, 3.8) is 0 Å². The smallest absolute Gasteiger partial charge is 0.150 e. The minimum atomic E-state index is -1.25. The molecule has 0 fully saturated rings. The maximum Gasteiger partial charge on any atom is 0.150 e. The first kappa shape index (κ1) is 11.2. The Morgan fingerprint density at radius 3 is 2.19 bits per heavy atom. The van der Waals surface area contributed by atoms with Gasteiger partial charge in [-0.05, 0) is 36.4 Å². The first-order chi connectivity index (χ1) is 7.75. The van der Waals surface area contributed by atoms with Gasteiger partial charge in [0.25, 0.3) is 0 Å². The number of hydrogen-bond acceptors (Lipinski definition) is 1. The standard InChI is InChI=1S/C12H10ClNOS/c13-10-6-8-12(9-7-10)16(15)14-11-4-2-1-3-5-11/h1-9,14H/t16-/m1/s1. The highest BCUT2D eigenvalue weighted by Gasteiger charge is 2.02. The van der Waals surface area contributed by atoms with Crippen LogP contribution in [0.2, 0.25) is 5.02 Å². The minimum absolute atomic E-state index is 0.639. The van der Waals surface area contributed by atoms with Crippen LogP contribution in [0.4, 0.5) is 5.69 Å². The van der Waals surface area contributed by atoms with Crippen LogP contribution in [0.25, 0.3) is 0 Å². The predicted molar refractivity (Wildman–Crippen MR) is 67.9 cm³/mol. The van der Waals surface area contributed by atoms with E-state index in [1.807, 2.05) is 30.3 Å². The third-order valence-electron chi connectivity index (χ3n) is 2.01. The van der Waals surface area contributed by atoms with E-state index < -0.39 is 11.0 Å². The molecule has 0 bridgehead atoms. The molecule has 0 radical (unpaired) electrons. The fraction of sp³-hybridized carbons (Fsp3) is 0. The summed E-state index contributed by atoms with van der Waals surface area (Å²) >= 11 is 5.76. The quantitative estimate of drug-likeness (QED) is 0.889. The van der Waals surface area contributed by atoms with E-state index in [9.17, 15) is 4.21 Å². The van der Waals surface area contributed by atoms with Crippen LogP contribution in [0.15, 0.2) is 59.5 Å². The Balaban J connectivity index is 2.12. The van der Waals surface area contributed by atoms with Crippen molar-refractivity contribution in [1.29, 1.82) is 0 Å². The van der Waals surface area contributed by atoms with E-state index in [1.165, 1.54) is 0 Å². The van der Waals surface area contributed by atoms with Crippen LogP contribution < -0.4 is 4.72 Å². The SMILES string of the molecule is O=[S@@](Nc1ccccc1)c1ccc(Cl)cc1. The summed E-state index contributed by atoms with van der Waals surface area (Å²) in [6.45, 7) is 0. The zero-order valence-corrected chi connectivity index (χ0v) is 9.96. The second-order valence-electron chi connectivity index (χ2n) is 3.19. The van der Waals surface area contributed by atoms with Crippen LogP contribution in [0.3, 0.4) is 0 Å². The van der Waals surface area contributed by atoms with Gasteiger partial charge in [-0.1, -0.05) is 29.8 Å². The van der Waals surface area contributed by atoms with Crippen LogP contribution in [0, 0.1) is 0 Å². The maximum atomic E-state index is 11.9. The molecule has 0 saturated heterocycles. The molecular weight excluding hydrogens is 242 g/mol. The van der Waals surface area contributed by atoms with Crippen LogP contribution in [0.1, 0.15) is 0 Å². The average molecular weight is 252 g/mol. The molecule has 2 aromatic carbocycles. The Kier molecular flexibility index (Phi) is 3.59. The summed E-state index contributed by atoms with van der Waals surface area (Å²) in [7, 11) is -1.25. The van der Waals surface area contributed by atoms with Gasteiger partial charge in [0.15, 0.2) is 0 Å². The van der Waals surface area contributed by atoms with Gasteiger partial charge in [-0.25, -0.2) is 4.21 Å². The summed E-state index contributed by atoms with van der Waals surface area (Å²) < 4.78 is 14.8. The Morgan fingerprint density at radius 1 is 0.938 bits per heavy atom. The van der Waals surface area contributed by atoms with Gasteiger partial charge in [-0.3, -0.25) is 0 Å². The molecule has 0 spiro atoms. The highest BCUT2D eigenvalue weighted by atomic mass is 35.5. The molecule has 1 atom stereocenters. The number of halogens is 1. The summed E-state index contributed by atoms with van der Waals surface area (Å²) in [4.78, 5) is 0.702. The van der Waals surface area contributed by atoms with Crippen molar-refractivity contribution in [3.8, 4) is 0 Å². The molecule has 0 unspecified atom stereocenters. The highest BCUT2D eigenvalue weighted by molar-refractivity contribution is 7.86. The van der Waals surface area contributed by atoms with Gasteiger partial charge in [0, 0.05) is 10.7 Å². The lowest BCUT2D eigenvalue weighted by molar-refractivity contribution is 0.686. The molecule has 0 aliphatic rings. The van der Waals surface area contributed by atoms with Crippen LogP contribution in [-0.4, -0.2) is 4.21 Å². The number of nitrogens with one attached hydrogen (secondary N) is 1. The molecular formula is C12H10ClNOS. The van der Waals surface area contributed by atoms with E-state index in [0.29, 0.717) is 9.92 Å². The third kappa shape index (κ3) is 2.84. The molecule has 2 aromatic rings. The number of anilines is 1. The fourth-order valence-corrected chi connectivity index (χ4v) is 2.21. The molecule has 0 aromatic heterocycles. The normalized spacial score (nSPS) is 12.1. The first-order valence-corrected chi connectivity index (χ1v) is 6.27. The largest absolute Gasteiger partial charge is 0.301 e. The Labute approximate surface area is 102 Å². The zero-order chi connectivity index (χ0) is 11.4. The van der Waals surface area contributed by atoms with Crippen LogP contribution in [0.5, 0.6) is 0 Å². The van der Waals surface area contributed by atoms with Crippen molar-refractivity contribution >= 4 is 28.3 Å². The number of rotatable bonds is 3.